The van der Waals surface area contributed by atoms with Crippen molar-refractivity contribution in [1.82, 2.24) is 10.2 Å². The standard InChI is InChI=1S/C9H14F3N3OS/c1-5(2)3-6(16)4-13-8-15-14-7(17-8)9(10,11)12/h5-6,16H,3-4H2,1-2H3,(H,13,15). The van der Waals surface area contributed by atoms with E-state index in [4.69, 9.17) is 0 Å². The molecule has 1 heterocycles. The lowest BCUT2D eigenvalue weighted by Gasteiger charge is -2.12. The molecule has 0 bridgehead atoms. The zero-order chi connectivity index (χ0) is 13.1. The summed E-state index contributed by atoms with van der Waals surface area (Å²) >= 11 is 0.431. The molecule has 1 aromatic rings. The average molecular weight is 269 g/mol. The Morgan fingerprint density at radius 3 is 2.47 bits per heavy atom. The van der Waals surface area contributed by atoms with E-state index in [0.717, 1.165) is 0 Å². The van der Waals surface area contributed by atoms with Crippen LogP contribution >= 0.6 is 11.3 Å². The van der Waals surface area contributed by atoms with Crippen molar-refractivity contribution in [3.63, 3.8) is 0 Å². The largest absolute Gasteiger partial charge is 0.445 e. The van der Waals surface area contributed by atoms with Crippen LogP contribution in [0.1, 0.15) is 25.3 Å². The SMILES string of the molecule is CC(C)CC(O)CNc1nnc(C(F)(F)F)s1. The summed E-state index contributed by atoms with van der Waals surface area (Å²) in [6.45, 7) is 4.08. The van der Waals surface area contributed by atoms with E-state index in [-0.39, 0.29) is 11.7 Å². The van der Waals surface area contributed by atoms with Crippen molar-refractivity contribution in [3.8, 4) is 0 Å². The summed E-state index contributed by atoms with van der Waals surface area (Å²) in [4.78, 5) is 0. The highest BCUT2D eigenvalue weighted by atomic mass is 32.1. The van der Waals surface area contributed by atoms with Crippen LogP contribution in [-0.4, -0.2) is 28.0 Å². The van der Waals surface area contributed by atoms with E-state index in [9.17, 15) is 18.3 Å². The van der Waals surface area contributed by atoms with Crippen LogP contribution in [0, 0.1) is 5.92 Å². The number of nitrogens with zero attached hydrogens (tertiary/aromatic N) is 2. The molecular weight excluding hydrogens is 255 g/mol. The lowest BCUT2D eigenvalue weighted by Crippen LogP contribution is -2.21. The van der Waals surface area contributed by atoms with Crippen LogP contribution in [0.3, 0.4) is 0 Å². The molecule has 0 amide bonds. The van der Waals surface area contributed by atoms with Gasteiger partial charge >= 0.3 is 6.18 Å². The van der Waals surface area contributed by atoms with Gasteiger partial charge in [0.15, 0.2) is 0 Å². The first-order valence-corrected chi connectivity index (χ1v) is 5.93. The Kier molecular flexibility index (Phi) is 4.70. The molecule has 0 spiro atoms. The highest BCUT2D eigenvalue weighted by molar-refractivity contribution is 7.15. The second kappa shape index (κ2) is 5.63. The molecule has 0 aliphatic carbocycles. The smallest absolute Gasteiger partial charge is 0.391 e. The van der Waals surface area contributed by atoms with E-state index >= 15 is 0 Å². The van der Waals surface area contributed by atoms with E-state index in [1.54, 1.807) is 0 Å². The summed E-state index contributed by atoms with van der Waals surface area (Å²) < 4.78 is 36.6. The minimum Gasteiger partial charge on any atom is -0.391 e. The van der Waals surface area contributed by atoms with Gasteiger partial charge in [-0.1, -0.05) is 25.2 Å². The van der Waals surface area contributed by atoms with E-state index < -0.39 is 17.3 Å². The maximum absolute atomic E-state index is 12.2. The molecule has 0 aliphatic rings. The third-order valence-corrected chi connectivity index (χ3v) is 2.83. The third kappa shape index (κ3) is 4.86. The minimum absolute atomic E-state index is 0.0696. The van der Waals surface area contributed by atoms with Gasteiger partial charge in [0.1, 0.15) is 0 Å². The molecule has 1 unspecified atom stereocenters. The monoisotopic (exact) mass is 269 g/mol. The van der Waals surface area contributed by atoms with Crippen LogP contribution in [-0.2, 0) is 6.18 Å². The molecule has 0 fully saturated rings. The summed E-state index contributed by atoms with van der Waals surface area (Å²) in [7, 11) is 0. The second-order valence-electron chi connectivity index (χ2n) is 4.07. The summed E-state index contributed by atoms with van der Waals surface area (Å²) in [5.74, 6) is 0.326. The van der Waals surface area contributed by atoms with Crippen LogP contribution in [0.25, 0.3) is 0 Å². The molecule has 1 aromatic heterocycles. The van der Waals surface area contributed by atoms with Crippen molar-refractivity contribution in [2.75, 3.05) is 11.9 Å². The number of hydrogen-bond acceptors (Lipinski definition) is 5. The number of aromatic nitrogens is 2. The fourth-order valence-electron chi connectivity index (χ4n) is 1.24. The van der Waals surface area contributed by atoms with Gasteiger partial charge in [-0.2, -0.15) is 13.2 Å². The van der Waals surface area contributed by atoms with E-state index in [2.05, 4.69) is 15.5 Å². The summed E-state index contributed by atoms with van der Waals surface area (Å²) in [5.41, 5.74) is 0. The maximum atomic E-state index is 12.2. The zero-order valence-electron chi connectivity index (χ0n) is 9.45. The summed E-state index contributed by atoms with van der Waals surface area (Å²) in [6.07, 6.45) is -4.49. The first kappa shape index (κ1) is 14.2. The van der Waals surface area contributed by atoms with E-state index in [1.807, 2.05) is 13.8 Å². The third-order valence-electron chi connectivity index (χ3n) is 1.90. The Hall–Kier alpha value is -0.890. The van der Waals surface area contributed by atoms with Crippen LogP contribution in [0.4, 0.5) is 18.3 Å². The molecule has 98 valence electrons. The van der Waals surface area contributed by atoms with Crippen molar-refractivity contribution >= 4 is 16.5 Å². The Bertz CT molecular complexity index is 354. The number of aliphatic hydroxyl groups excluding tert-OH is 1. The molecule has 1 rings (SSSR count). The maximum Gasteiger partial charge on any atom is 0.445 e. The topological polar surface area (TPSA) is 58.0 Å². The lowest BCUT2D eigenvalue weighted by atomic mass is 10.1. The van der Waals surface area contributed by atoms with Crippen molar-refractivity contribution in [2.24, 2.45) is 5.92 Å². The highest BCUT2D eigenvalue weighted by Gasteiger charge is 2.35. The molecule has 2 N–H and O–H groups in total. The molecule has 0 saturated carbocycles. The molecule has 4 nitrogen and oxygen atoms in total. The first-order valence-electron chi connectivity index (χ1n) is 5.11. The molecule has 0 radical (unpaired) electrons. The summed E-state index contributed by atoms with van der Waals surface area (Å²) in [5, 5.41) is 17.6. The second-order valence-corrected chi connectivity index (χ2v) is 5.05. The van der Waals surface area contributed by atoms with Gasteiger partial charge < -0.3 is 10.4 Å². The van der Waals surface area contributed by atoms with Gasteiger partial charge in [-0.15, -0.1) is 10.2 Å². The predicted molar refractivity (Wildman–Crippen MR) is 58.9 cm³/mol. The Balaban J connectivity index is 2.45. The Labute approximate surface area is 101 Å². The van der Waals surface area contributed by atoms with Crippen molar-refractivity contribution in [2.45, 2.75) is 32.5 Å². The zero-order valence-corrected chi connectivity index (χ0v) is 10.3. The quantitative estimate of drug-likeness (QED) is 0.861. The van der Waals surface area contributed by atoms with Gasteiger partial charge in [-0.25, -0.2) is 0 Å². The molecule has 0 aliphatic heterocycles. The molecule has 8 heteroatoms. The lowest BCUT2D eigenvalue weighted by molar-refractivity contribution is -0.138. The minimum atomic E-state index is -4.46. The van der Waals surface area contributed by atoms with Crippen LogP contribution in [0.2, 0.25) is 0 Å². The van der Waals surface area contributed by atoms with Crippen LogP contribution in [0.15, 0.2) is 0 Å². The predicted octanol–water partition coefficient (Wildman–Crippen LogP) is 2.38. The molecule has 17 heavy (non-hydrogen) atoms. The van der Waals surface area contributed by atoms with Gasteiger partial charge in [0.25, 0.3) is 0 Å². The molecule has 1 atom stereocenters. The Morgan fingerprint density at radius 2 is 2.00 bits per heavy atom. The normalized spacial score (nSPS) is 14.1. The van der Waals surface area contributed by atoms with E-state index in [0.29, 0.717) is 23.7 Å². The highest BCUT2D eigenvalue weighted by Crippen LogP contribution is 2.32. The Morgan fingerprint density at radius 1 is 1.35 bits per heavy atom. The van der Waals surface area contributed by atoms with Crippen LogP contribution in [0.5, 0.6) is 0 Å². The van der Waals surface area contributed by atoms with Gasteiger partial charge in [0.05, 0.1) is 6.10 Å². The van der Waals surface area contributed by atoms with Gasteiger partial charge in [0, 0.05) is 6.54 Å². The fraction of sp³-hybridized carbons (Fsp3) is 0.778. The number of aliphatic hydroxyl groups is 1. The summed E-state index contributed by atoms with van der Waals surface area (Å²) in [6, 6.07) is 0. The number of rotatable bonds is 5. The number of halogens is 3. The van der Waals surface area contributed by atoms with Crippen LogP contribution < -0.4 is 5.32 Å². The van der Waals surface area contributed by atoms with Crippen molar-refractivity contribution in [3.05, 3.63) is 5.01 Å². The molecule has 0 aromatic carbocycles. The number of nitrogens with one attached hydrogen (secondary N) is 1. The number of anilines is 1. The number of hydrogen-bond donors (Lipinski definition) is 2. The average Bonchev–Trinajstić information content (AvgIpc) is 2.61. The van der Waals surface area contributed by atoms with Crippen molar-refractivity contribution < 1.29 is 18.3 Å². The molecule has 0 saturated heterocycles. The molecular formula is C9H14F3N3OS. The van der Waals surface area contributed by atoms with Crippen molar-refractivity contribution in [1.29, 1.82) is 0 Å². The van der Waals surface area contributed by atoms with Gasteiger partial charge in [0.2, 0.25) is 10.1 Å². The first-order chi connectivity index (χ1) is 7.79. The van der Waals surface area contributed by atoms with Gasteiger partial charge in [-0.05, 0) is 12.3 Å². The van der Waals surface area contributed by atoms with E-state index in [1.165, 1.54) is 0 Å². The fourth-order valence-corrected chi connectivity index (χ4v) is 1.86. The van der Waals surface area contributed by atoms with Gasteiger partial charge in [-0.3, -0.25) is 0 Å². The number of alkyl halides is 3.